The van der Waals surface area contributed by atoms with Crippen LogP contribution in [0.2, 0.25) is 0 Å². The Morgan fingerprint density at radius 2 is 1.82 bits per heavy atom. The smallest absolute Gasteiger partial charge is 0.407 e. The quantitative estimate of drug-likeness (QED) is 0.401. The Morgan fingerprint density at radius 1 is 1.16 bits per heavy atom. The summed E-state index contributed by atoms with van der Waals surface area (Å²) in [6.45, 7) is 1.41. The molecule has 38 heavy (non-hydrogen) atoms. The second-order valence-corrected chi connectivity index (χ2v) is 11.2. The average Bonchev–Trinajstić information content (AvgIpc) is 3.25. The van der Waals surface area contributed by atoms with Crippen LogP contribution in [0.1, 0.15) is 37.7 Å². The van der Waals surface area contributed by atoms with Crippen molar-refractivity contribution in [3.8, 4) is 0 Å². The summed E-state index contributed by atoms with van der Waals surface area (Å²) in [5.41, 5.74) is 1.54. The molecule has 0 saturated heterocycles. The summed E-state index contributed by atoms with van der Waals surface area (Å²) in [5, 5.41) is 9.15. The van der Waals surface area contributed by atoms with Crippen molar-refractivity contribution in [1.29, 1.82) is 0 Å². The Kier molecular flexibility index (Phi) is 7.90. The van der Waals surface area contributed by atoms with Gasteiger partial charge in [-0.2, -0.15) is 18.3 Å². The van der Waals surface area contributed by atoms with Gasteiger partial charge in [0.2, 0.25) is 15.8 Å². The van der Waals surface area contributed by atoms with Gasteiger partial charge in [0, 0.05) is 37.4 Å². The molecule has 0 bridgehead atoms. The molecule has 0 spiro atoms. The van der Waals surface area contributed by atoms with Crippen molar-refractivity contribution in [2.45, 2.75) is 54.2 Å². The van der Waals surface area contributed by atoms with Crippen LogP contribution in [-0.4, -0.2) is 53.1 Å². The fourth-order valence-electron chi connectivity index (χ4n) is 4.10. The number of hydrogen-bond donors (Lipinski definition) is 2. The molecule has 0 radical (unpaired) electrons. The van der Waals surface area contributed by atoms with E-state index in [1.807, 2.05) is 0 Å². The molecular weight excluding hydrogens is 525 g/mol. The predicted molar refractivity (Wildman–Crippen MR) is 130 cm³/mol. The van der Waals surface area contributed by atoms with Gasteiger partial charge in [-0.3, -0.25) is 4.68 Å². The minimum atomic E-state index is -4.35. The van der Waals surface area contributed by atoms with E-state index in [0.717, 1.165) is 18.4 Å². The molecule has 1 atom stereocenters. The van der Waals surface area contributed by atoms with Gasteiger partial charge in [0.15, 0.2) is 5.03 Å². The van der Waals surface area contributed by atoms with Crippen LogP contribution in [0.5, 0.6) is 0 Å². The molecule has 10 nitrogen and oxygen atoms in total. The van der Waals surface area contributed by atoms with Crippen molar-refractivity contribution < 1.29 is 31.1 Å². The van der Waals surface area contributed by atoms with Gasteiger partial charge >= 0.3 is 12.3 Å². The number of ether oxygens (including phenoxy) is 1. The molecule has 1 aromatic carbocycles. The number of nitrogens with zero attached hydrogens (tertiary/aromatic N) is 4. The molecule has 14 heteroatoms. The van der Waals surface area contributed by atoms with Crippen LogP contribution in [-0.2, 0) is 21.6 Å². The zero-order chi connectivity index (χ0) is 27.5. The number of halogens is 3. The maximum Gasteiger partial charge on any atom is 0.407 e. The number of carbonyl (C=O) groups is 1. The number of rotatable bonds is 9. The van der Waals surface area contributed by atoms with Gasteiger partial charge in [-0.15, -0.1) is 0 Å². The Hall–Kier alpha value is -3.68. The first-order chi connectivity index (χ1) is 17.9. The molecule has 1 amide bonds. The minimum absolute atomic E-state index is 0.0248. The lowest BCUT2D eigenvalue weighted by molar-refractivity contribution is -0.138. The number of nitrogens with one attached hydrogen (secondary N) is 2. The molecule has 1 aliphatic rings. The van der Waals surface area contributed by atoms with E-state index in [-0.39, 0.29) is 28.4 Å². The number of benzene rings is 1. The van der Waals surface area contributed by atoms with Gasteiger partial charge in [-0.1, -0.05) is 0 Å². The van der Waals surface area contributed by atoms with Crippen molar-refractivity contribution in [1.82, 2.24) is 25.1 Å². The topological polar surface area (TPSA) is 128 Å². The fraction of sp³-hybridized carbons (Fsp3) is 0.417. The number of aryl methyl sites for hydroxylation is 1. The zero-order valence-corrected chi connectivity index (χ0v) is 21.5. The third-order valence-corrected chi connectivity index (χ3v) is 7.78. The first-order valence-corrected chi connectivity index (χ1v) is 13.3. The predicted octanol–water partition coefficient (Wildman–Crippen LogP) is 4.35. The van der Waals surface area contributed by atoms with Gasteiger partial charge in [0.1, 0.15) is 0 Å². The van der Waals surface area contributed by atoms with Crippen LogP contribution in [0.3, 0.4) is 0 Å². The van der Waals surface area contributed by atoms with E-state index in [2.05, 4.69) is 25.7 Å². The highest BCUT2D eigenvalue weighted by molar-refractivity contribution is 7.91. The van der Waals surface area contributed by atoms with Crippen molar-refractivity contribution in [3.05, 3.63) is 54.5 Å². The average molecular weight is 553 g/mol. The first-order valence-electron chi connectivity index (χ1n) is 11.8. The summed E-state index contributed by atoms with van der Waals surface area (Å²) in [5.74, 6) is 0.654. The van der Waals surface area contributed by atoms with Crippen molar-refractivity contribution >= 4 is 27.6 Å². The van der Waals surface area contributed by atoms with Crippen molar-refractivity contribution in [2.24, 2.45) is 13.0 Å². The second kappa shape index (κ2) is 11.0. The van der Waals surface area contributed by atoms with Gasteiger partial charge < -0.3 is 15.4 Å². The number of sulfone groups is 1. The lowest BCUT2D eigenvalue weighted by Crippen LogP contribution is -2.38. The van der Waals surface area contributed by atoms with Crippen LogP contribution in [0, 0.1) is 5.92 Å². The maximum atomic E-state index is 12.7. The molecule has 1 fully saturated rings. The number of amides is 1. The molecule has 2 heterocycles. The van der Waals surface area contributed by atoms with Crippen LogP contribution in [0.4, 0.5) is 29.6 Å². The highest BCUT2D eigenvalue weighted by Gasteiger charge is 2.33. The maximum absolute atomic E-state index is 12.7. The first kappa shape index (κ1) is 27.4. The molecule has 3 aromatic rings. The molecule has 1 aliphatic carbocycles. The lowest BCUT2D eigenvalue weighted by Gasteiger charge is -2.34. The van der Waals surface area contributed by atoms with E-state index in [1.165, 1.54) is 29.8 Å². The van der Waals surface area contributed by atoms with Gasteiger partial charge in [-0.25, -0.2) is 23.2 Å². The van der Waals surface area contributed by atoms with Crippen molar-refractivity contribution in [3.63, 3.8) is 0 Å². The summed E-state index contributed by atoms with van der Waals surface area (Å²) in [6, 6.07) is 6.57. The number of alkyl halides is 3. The molecular formula is C24H27F3N6O4S. The van der Waals surface area contributed by atoms with Gasteiger partial charge in [-0.05, 0) is 67.5 Å². The van der Waals surface area contributed by atoms with E-state index >= 15 is 0 Å². The molecule has 0 aliphatic heterocycles. The third kappa shape index (κ3) is 7.00. The normalized spacial score (nSPS) is 18.3. The fourth-order valence-corrected chi connectivity index (χ4v) is 5.31. The Balaban J connectivity index is 1.22. The molecule has 1 saturated carbocycles. The Labute approximate surface area is 217 Å². The zero-order valence-electron chi connectivity index (χ0n) is 20.6. The summed E-state index contributed by atoms with van der Waals surface area (Å²) >= 11 is 0. The highest BCUT2D eigenvalue weighted by atomic mass is 32.2. The molecule has 0 unspecified atom stereocenters. The van der Waals surface area contributed by atoms with Gasteiger partial charge in [0.25, 0.3) is 0 Å². The third-order valence-electron chi connectivity index (χ3n) is 6.12. The summed E-state index contributed by atoms with van der Waals surface area (Å²) in [4.78, 5) is 20.5. The van der Waals surface area contributed by atoms with Crippen molar-refractivity contribution in [2.75, 3.05) is 11.9 Å². The van der Waals surface area contributed by atoms with E-state index in [0.29, 0.717) is 11.6 Å². The number of alkyl carbamates (subject to hydrolysis) is 1. The molecule has 4 rings (SSSR count). The molecule has 204 valence electrons. The van der Waals surface area contributed by atoms with E-state index in [4.69, 9.17) is 4.74 Å². The van der Waals surface area contributed by atoms with Crippen LogP contribution >= 0.6 is 0 Å². The van der Waals surface area contributed by atoms with Gasteiger partial charge in [0.05, 0.1) is 17.9 Å². The monoisotopic (exact) mass is 552 g/mol. The largest absolute Gasteiger partial charge is 0.449 e. The Morgan fingerprint density at radius 3 is 2.39 bits per heavy atom. The van der Waals surface area contributed by atoms with E-state index < -0.39 is 34.6 Å². The molecule has 2 aromatic heterocycles. The minimum Gasteiger partial charge on any atom is -0.449 e. The summed E-state index contributed by atoms with van der Waals surface area (Å²) < 4.78 is 68.8. The summed E-state index contributed by atoms with van der Waals surface area (Å²) in [6.07, 6.45) is 0.123. The highest BCUT2D eigenvalue weighted by Crippen LogP contribution is 2.41. The number of hydrogen-bond acceptors (Lipinski definition) is 8. The summed E-state index contributed by atoms with van der Waals surface area (Å²) in [7, 11) is -2.06. The van der Waals surface area contributed by atoms with Crippen LogP contribution in [0.25, 0.3) is 0 Å². The van der Waals surface area contributed by atoms with Crippen LogP contribution in [0.15, 0.2) is 58.8 Å². The Bertz CT molecular complexity index is 1360. The number of carbonyl (C=O) groups excluding carboxylic acids is 1. The van der Waals surface area contributed by atoms with Crippen LogP contribution < -0.4 is 10.6 Å². The SMILES string of the molecule is C[C@@H](CC(F)(F)F)NC(=O)OCC1CC(c2cnc(Nc3ccc(S(=O)(=O)c4ccn(C)n4)cc3)nc2)C1. The number of aromatic nitrogens is 4. The standard InChI is InChI=1S/C24H27F3N6O4S/c1-15(11-24(25,26)27)30-23(34)37-14-16-9-17(10-16)18-12-28-22(29-13-18)31-19-3-5-20(6-4-19)38(35,36)21-7-8-33(2)32-21/h3-8,12-13,15-17H,9-11,14H2,1-2H3,(H,30,34)(H,28,29,31)/t15-,16?,17?/m0/s1. The van der Waals surface area contributed by atoms with E-state index in [1.54, 1.807) is 37.8 Å². The lowest BCUT2D eigenvalue weighted by atomic mass is 9.72. The second-order valence-electron chi connectivity index (χ2n) is 9.32. The van der Waals surface area contributed by atoms with E-state index in [9.17, 15) is 26.4 Å². The number of anilines is 2. The molecule has 2 N–H and O–H groups in total.